The Balaban J connectivity index is 2.77. The summed E-state index contributed by atoms with van der Waals surface area (Å²) < 4.78 is 27.3. The molecular formula is C9H15NO3S2. The van der Waals surface area contributed by atoms with E-state index in [1.807, 2.05) is 6.92 Å². The summed E-state index contributed by atoms with van der Waals surface area (Å²) in [4.78, 5) is 1.17. The maximum Gasteiger partial charge on any atom is 0.238 e. The minimum Gasteiger partial charge on any atom is -0.381 e. The standard InChI is InChI=1S/C9H15NO3S2/c1-3-7(13-2)4-8-5-9(6-14-8)15(10,11)12/h5-7H,3-4H2,1-2H3,(H2,10,11,12). The fourth-order valence-electron chi connectivity index (χ4n) is 1.24. The van der Waals surface area contributed by atoms with E-state index in [4.69, 9.17) is 9.88 Å². The van der Waals surface area contributed by atoms with Crippen LogP contribution in [0.1, 0.15) is 18.2 Å². The summed E-state index contributed by atoms with van der Waals surface area (Å²) in [5, 5.41) is 6.58. The van der Waals surface area contributed by atoms with Crippen LogP contribution in [0.2, 0.25) is 0 Å². The zero-order chi connectivity index (χ0) is 11.5. The molecule has 2 N–H and O–H groups in total. The molecule has 0 aliphatic rings. The summed E-state index contributed by atoms with van der Waals surface area (Å²) in [5.41, 5.74) is 0. The molecule has 0 aliphatic carbocycles. The minimum absolute atomic E-state index is 0.136. The lowest BCUT2D eigenvalue weighted by Gasteiger charge is -2.10. The van der Waals surface area contributed by atoms with E-state index in [-0.39, 0.29) is 11.0 Å². The Kier molecular flexibility index (Phi) is 4.27. The predicted molar refractivity (Wildman–Crippen MR) is 60.5 cm³/mol. The van der Waals surface area contributed by atoms with Gasteiger partial charge in [-0.2, -0.15) is 0 Å². The van der Waals surface area contributed by atoms with Crippen molar-refractivity contribution in [1.82, 2.24) is 0 Å². The number of thiophene rings is 1. The van der Waals surface area contributed by atoms with Crippen molar-refractivity contribution in [2.75, 3.05) is 7.11 Å². The van der Waals surface area contributed by atoms with Crippen molar-refractivity contribution in [3.8, 4) is 0 Å². The second-order valence-electron chi connectivity index (χ2n) is 3.26. The van der Waals surface area contributed by atoms with Crippen molar-refractivity contribution >= 4 is 21.4 Å². The number of hydrogen-bond donors (Lipinski definition) is 1. The van der Waals surface area contributed by atoms with Crippen LogP contribution in [-0.4, -0.2) is 21.6 Å². The Bertz CT molecular complexity index is 407. The highest BCUT2D eigenvalue weighted by molar-refractivity contribution is 7.89. The van der Waals surface area contributed by atoms with Gasteiger partial charge in [-0.25, -0.2) is 13.6 Å². The van der Waals surface area contributed by atoms with Crippen LogP contribution in [0.15, 0.2) is 16.3 Å². The average molecular weight is 249 g/mol. The van der Waals surface area contributed by atoms with Gasteiger partial charge in [0, 0.05) is 23.8 Å². The van der Waals surface area contributed by atoms with Crippen molar-refractivity contribution < 1.29 is 13.2 Å². The first-order valence-corrected chi connectivity index (χ1v) is 7.03. The van der Waals surface area contributed by atoms with Crippen LogP contribution in [-0.2, 0) is 21.2 Å². The number of methoxy groups -OCH3 is 1. The molecule has 1 rings (SSSR count). The normalized spacial score (nSPS) is 14.1. The van der Waals surface area contributed by atoms with E-state index in [2.05, 4.69) is 0 Å². The SMILES string of the molecule is CCC(Cc1cc(S(N)(=O)=O)cs1)OC. The smallest absolute Gasteiger partial charge is 0.238 e. The van der Waals surface area contributed by atoms with Gasteiger partial charge in [0.1, 0.15) is 0 Å². The van der Waals surface area contributed by atoms with E-state index < -0.39 is 10.0 Å². The molecule has 1 aromatic heterocycles. The second kappa shape index (κ2) is 5.07. The van der Waals surface area contributed by atoms with Gasteiger partial charge in [-0.15, -0.1) is 11.3 Å². The highest BCUT2D eigenvalue weighted by Gasteiger charge is 2.13. The van der Waals surface area contributed by atoms with Gasteiger partial charge in [-0.1, -0.05) is 6.92 Å². The van der Waals surface area contributed by atoms with Crippen LogP contribution in [0.25, 0.3) is 0 Å². The van der Waals surface area contributed by atoms with Crippen LogP contribution in [0, 0.1) is 0 Å². The van der Waals surface area contributed by atoms with E-state index in [9.17, 15) is 8.42 Å². The number of primary sulfonamides is 1. The highest BCUT2D eigenvalue weighted by Crippen LogP contribution is 2.20. The Morgan fingerprint density at radius 1 is 1.60 bits per heavy atom. The molecule has 86 valence electrons. The summed E-state index contributed by atoms with van der Waals surface area (Å²) in [6.07, 6.45) is 1.77. The van der Waals surface area contributed by atoms with Crippen LogP contribution in [0.5, 0.6) is 0 Å². The average Bonchev–Trinajstić information content (AvgIpc) is 2.61. The molecule has 1 aromatic rings. The second-order valence-corrected chi connectivity index (χ2v) is 5.82. The molecule has 6 heteroatoms. The van der Waals surface area contributed by atoms with E-state index >= 15 is 0 Å². The fraction of sp³-hybridized carbons (Fsp3) is 0.556. The minimum atomic E-state index is -3.56. The third-order valence-corrected chi connectivity index (χ3v) is 4.18. The first kappa shape index (κ1) is 12.6. The topological polar surface area (TPSA) is 69.4 Å². The third kappa shape index (κ3) is 3.57. The number of nitrogens with two attached hydrogens (primary N) is 1. The van der Waals surface area contributed by atoms with Gasteiger partial charge < -0.3 is 4.74 Å². The lowest BCUT2D eigenvalue weighted by Crippen LogP contribution is -2.12. The molecule has 15 heavy (non-hydrogen) atoms. The van der Waals surface area contributed by atoms with Gasteiger partial charge in [0.15, 0.2) is 0 Å². The van der Waals surface area contributed by atoms with Gasteiger partial charge >= 0.3 is 0 Å². The van der Waals surface area contributed by atoms with Crippen LogP contribution >= 0.6 is 11.3 Å². The predicted octanol–water partition coefficient (Wildman–Crippen LogP) is 1.36. The van der Waals surface area contributed by atoms with E-state index in [0.717, 1.165) is 17.7 Å². The van der Waals surface area contributed by atoms with Crippen molar-refractivity contribution in [2.24, 2.45) is 5.14 Å². The number of ether oxygens (including phenoxy) is 1. The molecule has 0 saturated carbocycles. The quantitative estimate of drug-likeness (QED) is 0.856. The molecule has 0 fully saturated rings. The van der Waals surface area contributed by atoms with Gasteiger partial charge in [-0.05, 0) is 12.5 Å². The largest absolute Gasteiger partial charge is 0.381 e. The molecule has 0 aliphatic heterocycles. The summed E-state index contributed by atoms with van der Waals surface area (Å²) in [6, 6.07) is 1.61. The Morgan fingerprint density at radius 3 is 2.67 bits per heavy atom. The van der Waals surface area contributed by atoms with Gasteiger partial charge in [-0.3, -0.25) is 0 Å². The summed E-state index contributed by atoms with van der Waals surface area (Å²) >= 11 is 1.40. The molecule has 0 radical (unpaired) electrons. The van der Waals surface area contributed by atoms with E-state index in [1.165, 1.54) is 11.3 Å². The van der Waals surface area contributed by atoms with Gasteiger partial charge in [0.05, 0.1) is 11.0 Å². The van der Waals surface area contributed by atoms with E-state index in [1.54, 1.807) is 18.6 Å². The summed E-state index contributed by atoms with van der Waals surface area (Å²) in [6.45, 7) is 2.03. The Labute approximate surface area is 94.1 Å². The molecule has 1 atom stereocenters. The molecule has 0 saturated heterocycles. The lowest BCUT2D eigenvalue weighted by molar-refractivity contribution is 0.100. The zero-order valence-electron chi connectivity index (χ0n) is 8.76. The van der Waals surface area contributed by atoms with Crippen LogP contribution < -0.4 is 5.14 Å². The van der Waals surface area contributed by atoms with Crippen LogP contribution in [0.3, 0.4) is 0 Å². The molecule has 0 spiro atoms. The molecule has 0 bridgehead atoms. The third-order valence-electron chi connectivity index (χ3n) is 2.18. The number of hydrogen-bond acceptors (Lipinski definition) is 4. The Hall–Kier alpha value is -0.430. The zero-order valence-corrected chi connectivity index (χ0v) is 10.4. The molecule has 0 amide bonds. The van der Waals surface area contributed by atoms with Crippen molar-refractivity contribution in [3.63, 3.8) is 0 Å². The maximum absolute atomic E-state index is 11.0. The van der Waals surface area contributed by atoms with Crippen LogP contribution in [0.4, 0.5) is 0 Å². The molecule has 0 aromatic carbocycles. The number of rotatable bonds is 5. The van der Waals surface area contributed by atoms with Crippen molar-refractivity contribution in [2.45, 2.75) is 30.8 Å². The van der Waals surface area contributed by atoms with Gasteiger partial charge in [0.25, 0.3) is 0 Å². The van der Waals surface area contributed by atoms with Crippen molar-refractivity contribution in [3.05, 3.63) is 16.3 Å². The van der Waals surface area contributed by atoms with Gasteiger partial charge in [0.2, 0.25) is 10.0 Å². The number of sulfonamides is 1. The summed E-state index contributed by atoms with van der Waals surface area (Å²) in [7, 11) is -1.91. The maximum atomic E-state index is 11.0. The lowest BCUT2D eigenvalue weighted by atomic mass is 10.2. The molecule has 1 unspecified atom stereocenters. The Morgan fingerprint density at radius 2 is 2.27 bits per heavy atom. The van der Waals surface area contributed by atoms with Crippen molar-refractivity contribution in [1.29, 1.82) is 0 Å². The molecule has 1 heterocycles. The monoisotopic (exact) mass is 249 g/mol. The van der Waals surface area contributed by atoms with E-state index in [0.29, 0.717) is 0 Å². The molecule has 4 nitrogen and oxygen atoms in total. The summed E-state index contributed by atoms with van der Waals surface area (Å²) in [5.74, 6) is 0. The first-order chi connectivity index (χ1) is 6.97. The first-order valence-electron chi connectivity index (χ1n) is 4.60. The molecular weight excluding hydrogens is 234 g/mol. The fourth-order valence-corrected chi connectivity index (χ4v) is 3.11. The highest BCUT2D eigenvalue weighted by atomic mass is 32.2.